The van der Waals surface area contributed by atoms with E-state index in [1.165, 1.54) is 43.9 Å². The van der Waals surface area contributed by atoms with E-state index in [9.17, 15) is 15.2 Å². The van der Waals surface area contributed by atoms with E-state index in [0.29, 0.717) is 23.4 Å². The van der Waals surface area contributed by atoms with Gasteiger partial charge in [0.05, 0.1) is 4.92 Å². The summed E-state index contributed by atoms with van der Waals surface area (Å²) < 4.78 is 0. The molecule has 0 aromatic heterocycles. The molecule has 114 valence electrons. The Bertz CT molecular complexity index is 536. The molecule has 1 N–H and O–H groups in total. The third kappa shape index (κ3) is 3.16. The first-order valence-corrected chi connectivity index (χ1v) is 8.52. The number of nitro groups is 1. The van der Waals surface area contributed by atoms with Crippen LogP contribution in [-0.2, 0) is 6.54 Å². The maximum atomic E-state index is 11.2. The second kappa shape index (κ2) is 6.23. The molecule has 1 saturated heterocycles. The van der Waals surface area contributed by atoms with Crippen LogP contribution in [0.2, 0.25) is 0 Å². The fourth-order valence-electron chi connectivity index (χ4n) is 3.47. The minimum absolute atomic E-state index is 0.0992. The summed E-state index contributed by atoms with van der Waals surface area (Å²) in [6, 6.07) is 4.86. The smallest absolute Gasteiger partial charge is 0.274 e. The number of rotatable bonds is 3. The molecule has 1 aromatic carbocycles. The number of hydrogen-bond acceptors (Lipinski definition) is 5. The summed E-state index contributed by atoms with van der Waals surface area (Å²) in [4.78, 5) is 13.2. The zero-order valence-corrected chi connectivity index (χ0v) is 12.7. The van der Waals surface area contributed by atoms with Crippen LogP contribution < -0.4 is 0 Å². The topological polar surface area (TPSA) is 66.6 Å². The van der Waals surface area contributed by atoms with Gasteiger partial charge in [-0.1, -0.05) is 12.8 Å². The van der Waals surface area contributed by atoms with E-state index in [0.717, 1.165) is 12.3 Å². The Kier molecular flexibility index (Phi) is 4.35. The fourth-order valence-corrected chi connectivity index (χ4v) is 4.97. The molecule has 0 unspecified atom stereocenters. The van der Waals surface area contributed by atoms with Crippen LogP contribution in [-0.4, -0.2) is 38.5 Å². The van der Waals surface area contributed by atoms with E-state index >= 15 is 0 Å². The van der Waals surface area contributed by atoms with Gasteiger partial charge in [0, 0.05) is 41.8 Å². The SMILES string of the molecule is O=[N+]([O-])c1ccc(O)cc1CN1CCS[C@@H]2CCCC[C@@H]21. The Hall–Kier alpha value is -1.27. The molecule has 1 aliphatic carbocycles. The summed E-state index contributed by atoms with van der Waals surface area (Å²) in [6.45, 7) is 1.53. The van der Waals surface area contributed by atoms with Crippen molar-refractivity contribution in [1.82, 2.24) is 4.90 Å². The standard InChI is InChI=1S/C15H20N2O3S/c18-12-5-6-13(17(19)20)11(9-12)10-16-7-8-21-15-4-2-1-3-14(15)16/h5-6,9,14-15,18H,1-4,7-8,10H2/t14-,15+/m0/s1. The summed E-state index contributed by atoms with van der Waals surface area (Å²) in [6.07, 6.45) is 4.99. The van der Waals surface area contributed by atoms with Gasteiger partial charge in [-0.15, -0.1) is 0 Å². The minimum Gasteiger partial charge on any atom is -0.508 e. The molecule has 21 heavy (non-hydrogen) atoms. The third-order valence-corrected chi connectivity index (χ3v) is 5.88. The molecular weight excluding hydrogens is 288 g/mol. The van der Waals surface area contributed by atoms with Crippen molar-refractivity contribution < 1.29 is 10.0 Å². The molecule has 3 rings (SSSR count). The zero-order valence-electron chi connectivity index (χ0n) is 11.9. The first-order chi connectivity index (χ1) is 10.1. The van der Waals surface area contributed by atoms with Crippen LogP contribution in [0.4, 0.5) is 5.69 Å². The average Bonchev–Trinajstić information content (AvgIpc) is 2.47. The predicted molar refractivity (Wildman–Crippen MR) is 83.7 cm³/mol. The van der Waals surface area contributed by atoms with Crippen molar-refractivity contribution in [3.8, 4) is 5.75 Å². The van der Waals surface area contributed by atoms with Crippen molar-refractivity contribution in [2.45, 2.75) is 43.5 Å². The quantitative estimate of drug-likeness (QED) is 0.686. The Morgan fingerprint density at radius 3 is 3.00 bits per heavy atom. The summed E-state index contributed by atoms with van der Waals surface area (Å²) in [5, 5.41) is 21.5. The molecule has 1 saturated carbocycles. The molecule has 1 aliphatic heterocycles. The zero-order chi connectivity index (χ0) is 14.8. The van der Waals surface area contributed by atoms with Crippen LogP contribution in [0.5, 0.6) is 5.75 Å². The molecular formula is C15H20N2O3S. The highest BCUT2D eigenvalue weighted by molar-refractivity contribution is 8.00. The molecule has 5 nitrogen and oxygen atoms in total. The monoisotopic (exact) mass is 308 g/mol. The lowest BCUT2D eigenvalue weighted by Gasteiger charge is -2.43. The highest BCUT2D eigenvalue weighted by Gasteiger charge is 2.34. The molecule has 0 spiro atoms. The first-order valence-electron chi connectivity index (χ1n) is 7.47. The van der Waals surface area contributed by atoms with Crippen molar-refractivity contribution in [3.63, 3.8) is 0 Å². The number of hydrogen-bond donors (Lipinski definition) is 1. The van der Waals surface area contributed by atoms with Gasteiger partial charge in [-0.2, -0.15) is 11.8 Å². The van der Waals surface area contributed by atoms with Crippen molar-refractivity contribution in [3.05, 3.63) is 33.9 Å². The number of benzene rings is 1. The second-order valence-electron chi connectivity index (χ2n) is 5.80. The highest BCUT2D eigenvalue weighted by Crippen LogP contribution is 2.37. The molecule has 0 amide bonds. The maximum Gasteiger partial charge on any atom is 0.274 e. The van der Waals surface area contributed by atoms with E-state index in [1.54, 1.807) is 0 Å². The fraction of sp³-hybridized carbons (Fsp3) is 0.600. The van der Waals surface area contributed by atoms with Crippen molar-refractivity contribution in [1.29, 1.82) is 0 Å². The minimum atomic E-state index is -0.355. The number of phenols is 1. The van der Waals surface area contributed by atoms with Crippen LogP contribution in [0, 0.1) is 10.1 Å². The van der Waals surface area contributed by atoms with Gasteiger partial charge in [-0.3, -0.25) is 15.0 Å². The number of fused-ring (bicyclic) bond motifs is 1. The van der Waals surface area contributed by atoms with Crippen LogP contribution in [0.15, 0.2) is 18.2 Å². The van der Waals surface area contributed by atoms with Gasteiger partial charge in [0.2, 0.25) is 0 Å². The van der Waals surface area contributed by atoms with E-state index in [4.69, 9.17) is 0 Å². The number of aromatic hydroxyl groups is 1. The van der Waals surface area contributed by atoms with Gasteiger partial charge in [0.1, 0.15) is 5.75 Å². The van der Waals surface area contributed by atoms with Crippen molar-refractivity contribution in [2.75, 3.05) is 12.3 Å². The predicted octanol–water partition coefficient (Wildman–Crippen LogP) is 3.16. The maximum absolute atomic E-state index is 11.2. The molecule has 1 aromatic rings. The summed E-state index contributed by atoms with van der Waals surface area (Å²) in [5.41, 5.74) is 0.731. The summed E-state index contributed by atoms with van der Waals surface area (Å²) in [5.74, 6) is 1.19. The lowest BCUT2D eigenvalue weighted by Crippen LogP contribution is -2.48. The highest BCUT2D eigenvalue weighted by atomic mass is 32.2. The molecule has 6 heteroatoms. The van der Waals surface area contributed by atoms with Gasteiger partial charge in [-0.25, -0.2) is 0 Å². The molecule has 2 fully saturated rings. The van der Waals surface area contributed by atoms with Gasteiger partial charge in [-0.05, 0) is 25.0 Å². The van der Waals surface area contributed by atoms with E-state index in [-0.39, 0.29) is 16.4 Å². The summed E-state index contributed by atoms with van der Waals surface area (Å²) in [7, 11) is 0. The van der Waals surface area contributed by atoms with Crippen molar-refractivity contribution in [2.24, 2.45) is 0 Å². The lowest BCUT2D eigenvalue weighted by molar-refractivity contribution is -0.385. The Morgan fingerprint density at radius 1 is 1.38 bits per heavy atom. The number of thioether (sulfide) groups is 1. The van der Waals surface area contributed by atoms with Crippen LogP contribution in [0.3, 0.4) is 0 Å². The van der Waals surface area contributed by atoms with E-state index in [1.807, 2.05) is 0 Å². The van der Waals surface area contributed by atoms with Gasteiger partial charge in [0.25, 0.3) is 5.69 Å². The Balaban J connectivity index is 1.82. The van der Waals surface area contributed by atoms with Gasteiger partial charge < -0.3 is 5.11 Å². The average molecular weight is 308 g/mol. The van der Waals surface area contributed by atoms with E-state index in [2.05, 4.69) is 16.7 Å². The Labute approximate surface area is 128 Å². The third-order valence-electron chi connectivity index (χ3n) is 4.48. The van der Waals surface area contributed by atoms with Crippen LogP contribution >= 0.6 is 11.8 Å². The molecule has 2 aliphatic rings. The molecule has 1 heterocycles. The summed E-state index contributed by atoms with van der Waals surface area (Å²) >= 11 is 2.05. The first kappa shape index (κ1) is 14.7. The molecule has 0 radical (unpaired) electrons. The van der Waals surface area contributed by atoms with E-state index < -0.39 is 0 Å². The lowest BCUT2D eigenvalue weighted by atomic mass is 9.93. The number of nitro benzene ring substituents is 1. The number of nitrogens with zero attached hydrogens (tertiary/aromatic N) is 2. The normalized spacial score (nSPS) is 26.3. The largest absolute Gasteiger partial charge is 0.508 e. The second-order valence-corrected chi connectivity index (χ2v) is 7.15. The molecule has 2 atom stereocenters. The Morgan fingerprint density at radius 2 is 2.19 bits per heavy atom. The van der Waals surface area contributed by atoms with Crippen LogP contribution in [0.1, 0.15) is 31.2 Å². The number of phenolic OH excluding ortho intramolecular Hbond substituents is 1. The van der Waals surface area contributed by atoms with Crippen LogP contribution in [0.25, 0.3) is 0 Å². The van der Waals surface area contributed by atoms with Crippen molar-refractivity contribution >= 4 is 17.4 Å². The van der Waals surface area contributed by atoms with Gasteiger partial charge >= 0.3 is 0 Å². The van der Waals surface area contributed by atoms with Gasteiger partial charge in [0.15, 0.2) is 0 Å². The molecule has 0 bridgehead atoms.